The molecule has 34 heavy (non-hydrogen) atoms. The van der Waals surface area contributed by atoms with Gasteiger partial charge in [0.05, 0.1) is 11.2 Å². The van der Waals surface area contributed by atoms with E-state index in [0.29, 0.717) is 29.2 Å². The predicted octanol–water partition coefficient (Wildman–Crippen LogP) is 4.16. The van der Waals surface area contributed by atoms with E-state index < -0.39 is 0 Å². The monoisotopic (exact) mass is 451 g/mol. The van der Waals surface area contributed by atoms with Crippen LogP contribution in [0.4, 0.5) is 5.69 Å². The Labute approximate surface area is 194 Å². The summed E-state index contributed by atoms with van der Waals surface area (Å²) in [5.74, 6) is 0.565. The van der Waals surface area contributed by atoms with Crippen molar-refractivity contribution in [1.82, 2.24) is 29.7 Å². The lowest BCUT2D eigenvalue weighted by molar-refractivity contribution is 0.101. The smallest absolute Gasteiger partial charge is 0.291 e. The van der Waals surface area contributed by atoms with E-state index in [9.17, 15) is 9.59 Å². The minimum atomic E-state index is -0.328. The number of aromatic amines is 2. The van der Waals surface area contributed by atoms with Gasteiger partial charge in [0.2, 0.25) is 0 Å². The lowest BCUT2D eigenvalue weighted by atomic mass is 10.0. The van der Waals surface area contributed by atoms with E-state index in [1.165, 1.54) is 0 Å². The number of imidazole rings is 2. The number of fused-ring (bicyclic) bond motifs is 1. The summed E-state index contributed by atoms with van der Waals surface area (Å²) in [6, 6.07) is 12.3. The van der Waals surface area contributed by atoms with Gasteiger partial charge in [-0.1, -0.05) is 18.2 Å². The van der Waals surface area contributed by atoms with Gasteiger partial charge in [-0.2, -0.15) is 5.10 Å². The molecular formula is C25H21N7O2. The molecular weight excluding hydrogens is 430 g/mol. The van der Waals surface area contributed by atoms with Crippen molar-refractivity contribution < 1.29 is 9.59 Å². The second kappa shape index (κ2) is 8.99. The van der Waals surface area contributed by atoms with Crippen molar-refractivity contribution in [2.45, 2.75) is 13.5 Å². The zero-order valence-corrected chi connectivity index (χ0v) is 18.3. The van der Waals surface area contributed by atoms with Gasteiger partial charge in [-0.25, -0.2) is 9.97 Å². The Morgan fingerprint density at radius 1 is 1.06 bits per heavy atom. The third-order valence-electron chi connectivity index (χ3n) is 5.41. The maximum atomic E-state index is 13.2. The van der Waals surface area contributed by atoms with Crippen LogP contribution in [0.25, 0.3) is 23.1 Å². The summed E-state index contributed by atoms with van der Waals surface area (Å²) >= 11 is 0. The zero-order valence-electron chi connectivity index (χ0n) is 18.3. The molecule has 168 valence electrons. The van der Waals surface area contributed by atoms with Crippen LogP contribution in [0.15, 0.2) is 67.3 Å². The number of ketones is 1. The average molecular weight is 451 g/mol. The maximum Gasteiger partial charge on any atom is 0.291 e. The van der Waals surface area contributed by atoms with Gasteiger partial charge < -0.3 is 14.9 Å². The molecule has 9 nitrogen and oxygen atoms in total. The molecule has 1 amide bonds. The number of nitrogens with one attached hydrogen (secondary N) is 3. The van der Waals surface area contributed by atoms with Crippen molar-refractivity contribution in [2.24, 2.45) is 0 Å². The number of aromatic nitrogens is 6. The number of H-pyrrole nitrogens is 2. The molecule has 0 saturated heterocycles. The molecule has 3 N–H and O–H groups in total. The molecule has 0 spiro atoms. The Morgan fingerprint density at radius 2 is 1.94 bits per heavy atom. The molecule has 0 radical (unpaired) electrons. The number of carbonyl (C=O) groups is 2. The van der Waals surface area contributed by atoms with Crippen LogP contribution in [0.2, 0.25) is 0 Å². The number of amides is 1. The fourth-order valence-corrected chi connectivity index (χ4v) is 3.70. The number of hydrogen-bond donors (Lipinski definition) is 3. The minimum Gasteiger partial charge on any atom is -0.345 e. The SMILES string of the molecule is CCn1ccnc1C(=O)Nc1cccc(C(=O)c2ccc3c(/C=C/c4ncc[nH]4)n[nH]c3c2)c1. The van der Waals surface area contributed by atoms with Crippen LogP contribution in [0.5, 0.6) is 0 Å². The Bertz CT molecular complexity index is 1510. The number of hydrogen-bond acceptors (Lipinski definition) is 5. The quantitative estimate of drug-likeness (QED) is 0.321. The molecule has 3 aromatic heterocycles. The number of anilines is 1. The number of benzene rings is 2. The van der Waals surface area contributed by atoms with Crippen LogP contribution < -0.4 is 5.32 Å². The van der Waals surface area contributed by atoms with Gasteiger partial charge in [-0.15, -0.1) is 0 Å². The number of nitrogens with zero attached hydrogens (tertiary/aromatic N) is 4. The van der Waals surface area contributed by atoms with E-state index in [4.69, 9.17) is 0 Å². The molecule has 3 heterocycles. The summed E-state index contributed by atoms with van der Waals surface area (Å²) in [7, 11) is 0. The largest absolute Gasteiger partial charge is 0.345 e. The fourth-order valence-electron chi connectivity index (χ4n) is 3.70. The van der Waals surface area contributed by atoms with Crippen molar-refractivity contribution in [2.75, 3.05) is 5.32 Å². The summed E-state index contributed by atoms with van der Waals surface area (Å²) in [6.07, 6.45) is 10.5. The van der Waals surface area contributed by atoms with Gasteiger partial charge in [0, 0.05) is 53.5 Å². The van der Waals surface area contributed by atoms with E-state index in [1.54, 1.807) is 65.8 Å². The zero-order chi connectivity index (χ0) is 23.5. The molecule has 2 aromatic carbocycles. The predicted molar refractivity (Wildman–Crippen MR) is 129 cm³/mol. The first-order valence-corrected chi connectivity index (χ1v) is 10.7. The van der Waals surface area contributed by atoms with Crippen molar-refractivity contribution in [1.29, 1.82) is 0 Å². The number of carbonyl (C=O) groups excluding carboxylic acids is 2. The second-order valence-electron chi connectivity index (χ2n) is 7.58. The van der Waals surface area contributed by atoms with Gasteiger partial charge in [-0.3, -0.25) is 14.7 Å². The van der Waals surface area contributed by atoms with Crippen molar-refractivity contribution >= 4 is 40.4 Å². The molecule has 0 aliphatic carbocycles. The van der Waals surface area contributed by atoms with E-state index in [1.807, 2.05) is 25.1 Å². The molecule has 0 aliphatic rings. The Balaban J connectivity index is 1.36. The Hall–Kier alpha value is -4.79. The molecule has 0 saturated carbocycles. The van der Waals surface area contributed by atoms with Crippen molar-refractivity contribution in [3.8, 4) is 0 Å². The van der Waals surface area contributed by atoms with Gasteiger partial charge in [-0.05, 0) is 43.3 Å². The van der Waals surface area contributed by atoms with Crippen LogP contribution in [0.1, 0.15) is 45.0 Å². The fraction of sp³-hybridized carbons (Fsp3) is 0.0800. The molecule has 0 bridgehead atoms. The van der Waals surface area contributed by atoms with E-state index in [2.05, 4.69) is 30.5 Å². The number of aryl methyl sites for hydroxylation is 1. The lowest BCUT2D eigenvalue weighted by Crippen LogP contribution is -2.18. The third-order valence-corrected chi connectivity index (χ3v) is 5.41. The summed E-state index contributed by atoms with van der Waals surface area (Å²) < 4.78 is 1.75. The lowest BCUT2D eigenvalue weighted by Gasteiger charge is -2.08. The molecule has 0 unspecified atom stereocenters. The van der Waals surface area contributed by atoms with Crippen LogP contribution >= 0.6 is 0 Å². The summed E-state index contributed by atoms with van der Waals surface area (Å²) in [4.78, 5) is 37.0. The highest BCUT2D eigenvalue weighted by Gasteiger charge is 2.15. The second-order valence-corrected chi connectivity index (χ2v) is 7.58. The van der Waals surface area contributed by atoms with Gasteiger partial charge in [0.25, 0.3) is 5.91 Å². The van der Waals surface area contributed by atoms with Crippen molar-refractivity contribution in [3.63, 3.8) is 0 Å². The first kappa shape index (κ1) is 21.1. The van der Waals surface area contributed by atoms with Crippen LogP contribution in [-0.4, -0.2) is 41.4 Å². The maximum absolute atomic E-state index is 13.2. The molecule has 5 rings (SSSR count). The molecule has 0 atom stereocenters. The van der Waals surface area contributed by atoms with E-state index in [0.717, 1.165) is 22.4 Å². The van der Waals surface area contributed by atoms with Crippen LogP contribution in [0.3, 0.4) is 0 Å². The van der Waals surface area contributed by atoms with Crippen LogP contribution in [0, 0.1) is 0 Å². The highest BCUT2D eigenvalue weighted by atomic mass is 16.2. The highest BCUT2D eigenvalue weighted by molar-refractivity contribution is 6.11. The Morgan fingerprint density at radius 3 is 2.76 bits per heavy atom. The number of rotatable bonds is 7. The summed E-state index contributed by atoms with van der Waals surface area (Å²) in [6.45, 7) is 2.57. The third kappa shape index (κ3) is 4.14. The standard InChI is InChI=1S/C25H21N7O2/c1-2-32-13-12-28-24(32)25(34)29-18-5-3-4-16(14-18)23(33)17-6-7-19-20(30-31-21(19)15-17)8-9-22-26-10-11-27-22/h3-15H,2H2,1H3,(H,26,27)(H,29,34)(H,30,31)/b9-8+. The molecule has 0 fully saturated rings. The average Bonchev–Trinajstić information content (AvgIpc) is 3.63. The molecule has 9 heteroatoms. The first-order valence-electron chi connectivity index (χ1n) is 10.7. The Kier molecular flexibility index (Phi) is 5.57. The topological polar surface area (TPSA) is 121 Å². The van der Waals surface area contributed by atoms with Gasteiger partial charge >= 0.3 is 0 Å². The summed E-state index contributed by atoms with van der Waals surface area (Å²) in [5.41, 5.74) is 3.01. The van der Waals surface area contributed by atoms with Gasteiger partial charge in [0.15, 0.2) is 11.6 Å². The molecule has 0 aliphatic heterocycles. The van der Waals surface area contributed by atoms with Gasteiger partial charge in [0.1, 0.15) is 5.82 Å². The first-order chi connectivity index (χ1) is 16.6. The normalized spacial score (nSPS) is 11.3. The summed E-state index contributed by atoms with van der Waals surface area (Å²) in [5, 5.41) is 11.0. The van der Waals surface area contributed by atoms with Crippen molar-refractivity contribution in [3.05, 3.63) is 95.7 Å². The van der Waals surface area contributed by atoms with E-state index in [-0.39, 0.29) is 11.7 Å². The minimum absolute atomic E-state index is 0.157. The van der Waals surface area contributed by atoms with E-state index >= 15 is 0 Å². The molecule has 5 aromatic rings. The highest BCUT2D eigenvalue weighted by Crippen LogP contribution is 2.22. The van der Waals surface area contributed by atoms with Crippen LogP contribution in [-0.2, 0) is 6.54 Å².